The Kier molecular flexibility index (Phi) is 10.8. The zero-order valence-electron chi connectivity index (χ0n) is 24.6. The van der Waals surface area contributed by atoms with Gasteiger partial charge in [0.2, 0.25) is 5.91 Å². The SMILES string of the molecule is C[C@@H]1CN(c2cnc3c(C#N)nn([C@H](C)c4ccc(Cl)cc4Cl)c3n2)CCC1N1CCC[C@H]1CCC(N)=O.O=C(O)C(F)(F)F. The van der Waals surface area contributed by atoms with Gasteiger partial charge in [-0.25, -0.2) is 19.4 Å². The number of aromatic nitrogens is 4. The molecule has 0 bridgehead atoms. The summed E-state index contributed by atoms with van der Waals surface area (Å²) >= 11 is 12.6. The molecule has 2 aromatic heterocycles. The highest BCUT2D eigenvalue weighted by atomic mass is 35.5. The molecule has 0 radical (unpaired) electrons. The van der Waals surface area contributed by atoms with Gasteiger partial charge in [0.25, 0.3) is 0 Å². The largest absolute Gasteiger partial charge is 0.490 e. The highest BCUT2D eigenvalue weighted by molar-refractivity contribution is 6.35. The number of anilines is 1. The smallest absolute Gasteiger partial charge is 0.475 e. The van der Waals surface area contributed by atoms with Crippen molar-refractivity contribution in [3.63, 3.8) is 0 Å². The number of nitrogens with zero attached hydrogens (tertiary/aromatic N) is 7. The Morgan fingerprint density at radius 2 is 1.96 bits per heavy atom. The molecular formula is C29H33Cl2F3N8O3. The number of benzene rings is 1. The van der Waals surface area contributed by atoms with Gasteiger partial charge in [0.1, 0.15) is 17.4 Å². The van der Waals surface area contributed by atoms with Crippen LogP contribution in [0.1, 0.15) is 63.3 Å². The van der Waals surface area contributed by atoms with E-state index < -0.39 is 12.1 Å². The highest BCUT2D eigenvalue weighted by Crippen LogP contribution is 2.34. The lowest BCUT2D eigenvalue weighted by Gasteiger charge is -2.43. The van der Waals surface area contributed by atoms with Crippen LogP contribution in [0.15, 0.2) is 24.4 Å². The summed E-state index contributed by atoms with van der Waals surface area (Å²) in [6.45, 7) is 7.03. The Morgan fingerprint density at radius 3 is 2.56 bits per heavy atom. The normalized spacial score (nSPS) is 21.2. The third kappa shape index (κ3) is 7.95. The van der Waals surface area contributed by atoms with E-state index >= 15 is 0 Å². The Hall–Kier alpha value is -3.67. The number of amides is 1. The van der Waals surface area contributed by atoms with E-state index in [-0.39, 0.29) is 17.6 Å². The second-order valence-electron chi connectivity index (χ2n) is 11.3. The van der Waals surface area contributed by atoms with Crippen LogP contribution in [0, 0.1) is 17.2 Å². The number of fused-ring (bicyclic) bond motifs is 1. The average molecular weight is 670 g/mol. The molecule has 1 aromatic carbocycles. The second-order valence-corrected chi connectivity index (χ2v) is 12.1. The highest BCUT2D eigenvalue weighted by Gasteiger charge is 2.38. The van der Waals surface area contributed by atoms with E-state index in [4.69, 9.17) is 43.8 Å². The van der Waals surface area contributed by atoms with Crippen molar-refractivity contribution < 1.29 is 27.9 Å². The van der Waals surface area contributed by atoms with E-state index in [0.717, 1.165) is 50.3 Å². The maximum absolute atomic E-state index is 11.3. The zero-order chi connectivity index (χ0) is 33.1. The quantitative estimate of drug-likeness (QED) is 0.346. The van der Waals surface area contributed by atoms with E-state index in [2.05, 4.69) is 32.9 Å². The summed E-state index contributed by atoms with van der Waals surface area (Å²) in [6.07, 6.45) is 1.25. The number of nitriles is 1. The number of nitrogens with two attached hydrogens (primary N) is 1. The van der Waals surface area contributed by atoms with E-state index in [1.807, 2.05) is 13.0 Å². The summed E-state index contributed by atoms with van der Waals surface area (Å²) in [5.74, 6) is -1.79. The number of rotatable bonds is 7. The molecule has 4 atom stereocenters. The first-order chi connectivity index (χ1) is 21.2. The molecule has 0 spiro atoms. The van der Waals surface area contributed by atoms with Crippen LogP contribution in [0.25, 0.3) is 11.2 Å². The van der Waals surface area contributed by atoms with Crippen molar-refractivity contribution >= 4 is 52.1 Å². The molecule has 2 aliphatic rings. The lowest BCUT2D eigenvalue weighted by Crippen LogP contribution is -2.52. The van der Waals surface area contributed by atoms with Crippen LogP contribution >= 0.6 is 23.2 Å². The van der Waals surface area contributed by atoms with Crippen molar-refractivity contribution in [3.8, 4) is 6.07 Å². The van der Waals surface area contributed by atoms with Crippen molar-refractivity contribution in [3.05, 3.63) is 45.7 Å². The van der Waals surface area contributed by atoms with Gasteiger partial charge >= 0.3 is 12.1 Å². The van der Waals surface area contributed by atoms with E-state index in [9.17, 15) is 23.2 Å². The molecule has 5 rings (SSSR count). The third-order valence-electron chi connectivity index (χ3n) is 8.27. The molecule has 16 heteroatoms. The van der Waals surface area contributed by atoms with E-state index in [1.54, 1.807) is 23.0 Å². The maximum atomic E-state index is 11.3. The zero-order valence-corrected chi connectivity index (χ0v) is 26.1. The van der Waals surface area contributed by atoms with Crippen molar-refractivity contribution in [2.75, 3.05) is 24.5 Å². The molecule has 1 unspecified atom stereocenters. The topological polar surface area (TPSA) is 154 Å². The molecular weight excluding hydrogens is 636 g/mol. The number of carbonyl (C=O) groups is 2. The minimum atomic E-state index is -5.08. The predicted molar refractivity (Wildman–Crippen MR) is 162 cm³/mol. The first-order valence-corrected chi connectivity index (χ1v) is 15.2. The minimum Gasteiger partial charge on any atom is -0.475 e. The van der Waals surface area contributed by atoms with E-state index in [0.29, 0.717) is 45.6 Å². The van der Waals surface area contributed by atoms with Gasteiger partial charge in [0.15, 0.2) is 11.3 Å². The molecule has 1 amide bonds. The molecule has 3 N–H and O–H groups in total. The van der Waals surface area contributed by atoms with Crippen LogP contribution in [0.3, 0.4) is 0 Å². The number of carboxylic acids is 1. The number of piperidine rings is 1. The molecule has 242 valence electrons. The number of carboxylic acid groups (broad SMARTS) is 1. The van der Waals surface area contributed by atoms with Gasteiger partial charge in [-0.1, -0.05) is 36.2 Å². The summed E-state index contributed by atoms with van der Waals surface area (Å²) in [6, 6.07) is 8.13. The molecule has 11 nitrogen and oxygen atoms in total. The second kappa shape index (κ2) is 14.2. The number of halogens is 5. The minimum absolute atomic E-state index is 0.222. The molecule has 45 heavy (non-hydrogen) atoms. The molecule has 2 saturated heterocycles. The summed E-state index contributed by atoms with van der Waals surface area (Å²) in [4.78, 5) is 34.7. The number of alkyl halides is 3. The van der Waals surface area contributed by atoms with Gasteiger partial charge in [0, 0.05) is 41.6 Å². The molecule has 2 fully saturated rings. The van der Waals surface area contributed by atoms with Crippen LogP contribution < -0.4 is 10.6 Å². The Labute approximate surface area is 267 Å². The van der Waals surface area contributed by atoms with Crippen molar-refractivity contribution in [2.24, 2.45) is 11.7 Å². The van der Waals surface area contributed by atoms with E-state index in [1.165, 1.54) is 6.42 Å². The third-order valence-corrected chi connectivity index (χ3v) is 8.84. The van der Waals surface area contributed by atoms with Crippen LogP contribution in [0.5, 0.6) is 0 Å². The first-order valence-electron chi connectivity index (χ1n) is 14.4. The van der Waals surface area contributed by atoms with Crippen LogP contribution in [0.2, 0.25) is 10.0 Å². The summed E-state index contributed by atoms with van der Waals surface area (Å²) in [5, 5.41) is 22.4. The van der Waals surface area contributed by atoms with Gasteiger partial charge in [-0.2, -0.15) is 23.5 Å². The lowest BCUT2D eigenvalue weighted by atomic mass is 9.91. The van der Waals surface area contributed by atoms with Gasteiger partial charge in [-0.3, -0.25) is 9.69 Å². The summed E-state index contributed by atoms with van der Waals surface area (Å²) in [5.41, 5.74) is 7.52. The molecule has 4 heterocycles. The number of likely N-dealkylation sites (tertiary alicyclic amines) is 1. The van der Waals surface area contributed by atoms with Crippen molar-refractivity contribution in [1.82, 2.24) is 24.6 Å². The number of hydrogen-bond donors (Lipinski definition) is 2. The lowest BCUT2D eigenvalue weighted by molar-refractivity contribution is -0.192. The Balaban J connectivity index is 0.000000591. The molecule has 0 saturated carbocycles. The fraction of sp³-hybridized carbons (Fsp3) is 0.517. The molecule has 3 aromatic rings. The summed E-state index contributed by atoms with van der Waals surface area (Å²) in [7, 11) is 0. The fourth-order valence-electron chi connectivity index (χ4n) is 6.12. The van der Waals surface area contributed by atoms with Crippen LogP contribution in [0.4, 0.5) is 19.0 Å². The van der Waals surface area contributed by atoms with Crippen LogP contribution in [-0.2, 0) is 9.59 Å². The van der Waals surface area contributed by atoms with Crippen LogP contribution in [-0.4, -0.2) is 79.5 Å². The van der Waals surface area contributed by atoms with Crippen molar-refractivity contribution in [2.45, 2.75) is 70.3 Å². The summed E-state index contributed by atoms with van der Waals surface area (Å²) < 4.78 is 33.5. The van der Waals surface area contributed by atoms with Gasteiger partial charge in [-0.05, 0) is 62.8 Å². The molecule has 2 aliphatic heterocycles. The van der Waals surface area contributed by atoms with Gasteiger partial charge in [0.05, 0.1) is 12.2 Å². The predicted octanol–water partition coefficient (Wildman–Crippen LogP) is 5.19. The first kappa shape index (κ1) is 34.2. The number of aliphatic carboxylic acids is 1. The number of primary amides is 1. The fourth-order valence-corrected chi connectivity index (χ4v) is 6.68. The van der Waals surface area contributed by atoms with Crippen molar-refractivity contribution in [1.29, 1.82) is 5.26 Å². The average Bonchev–Trinajstić information content (AvgIpc) is 3.59. The Morgan fingerprint density at radius 1 is 1.24 bits per heavy atom. The number of hydrogen-bond acceptors (Lipinski definition) is 8. The maximum Gasteiger partial charge on any atom is 0.490 e. The van der Waals surface area contributed by atoms with Gasteiger partial charge in [-0.15, -0.1) is 0 Å². The monoisotopic (exact) mass is 668 g/mol. The van der Waals surface area contributed by atoms with Gasteiger partial charge < -0.3 is 15.7 Å². The molecule has 0 aliphatic carbocycles. The standard InChI is InChI=1S/C27H32Cl2N8O.C2HF3O2/c1-16-15-35(11-9-23(16)36-10-3-4-19(36)6-8-24(31)38)25-14-32-26-22(13-30)34-37(27(26)33-25)17(2)20-7-5-18(28)12-21(20)29;3-2(4,5)1(6)7/h5,7,12,14,16-17,19,23H,3-4,6,8-11,15H2,1-2H3,(H2,31,38);(H,6,7)/t16-,17-,19+,23?;/m1./s1. The number of carbonyl (C=O) groups excluding carboxylic acids is 1. The Bertz CT molecular complexity index is 1600.